The molecule has 134 valence electrons. The van der Waals surface area contributed by atoms with Crippen LogP contribution in [0.2, 0.25) is 0 Å². The molecule has 2 aliphatic carbocycles. The van der Waals surface area contributed by atoms with Gasteiger partial charge in [-0.25, -0.2) is 0 Å². The van der Waals surface area contributed by atoms with E-state index in [-0.39, 0.29) is 11.9 Å². The quantitative estimate of drug-likeness (QED) is 0.731. The number of carbonyl (C=O) groups excluding carboxylic acids is 2. The van der Waals surface area contributed by atoms with Crippen LogP contribution >= 0.6 is 0 Å². The number of hydrogen-bond donors (Lipinski definition) is 2. The molecule has 24 heavy (non-hydrogen) atoms. The highest BCUT2D eigenvalue weighted by Gasteiger charge is 2.88. The fraction of sp³-hybridized carbons (Fsp3) is 0.889. The maximum atomic E-state index is 12.7. The topological polar surface area (TPSA) is 93.1 Å². The summed E-state index contributed by atoms with van der Waals surface area (Å²) >= 11 is 0. The number of aliphatic hydroxyl groups is 2. The van der Waals surface area contributed by atoms with Crippen molar-refractivity contribution >= 4 is 11.9 Å². The fourth-order valence-corrected chi connectivity index (χ4v) is 6.42. The molecule has 0 aromatic carbocycles. The van der Waals surface area contributed by atoms with E-state index in [9.17, 15) is 19.8 Å². The van der Waals surface area contributed by atoms with Crippen LogP contribution in [0.5, 0.6) is 0 Å². The van der Waals surface area contributed by atoms with Gasteiger partial charge in [0.05, 0.1) is 27.9 Å². The lowest BCUT2D eigenvalue weighted by molar-refractivity contribution is -0.178. The average Bonchev–Trinajstić information content (AvgIpc) is 2.93. The Balaban J connectivity index is 1.84. The van der Waals surface area contributed by atoms with Crippen LogP contribution in [0.1, 0.15) is 47.5 Å². The summed E-state index contributed by atoms with van der Waals surface area (Å²) in [6.45, 7) is 8.69. The van der Waals surface area contributed by atoms with Crippen molar-refractivity contribution < 1.29 is 29.3 Å². The zero-order valence-electron chi connectivity index (χ0n) is 14.8. The summed E-state index contributed by atoms with van der Waals surface area (Å²) in [5, 5.41) is 22.4. The lowest BCUT2D eigenvalue weighted by Crippen LogP contribution is -2.60. The maximum Gasteiger partial charge on any atom is 0.313 e. The van der Waals surface area contributed by atoms with Crippen molar-refractivity contribution in [2.75, 3.05) is 0 Å². The molecule has 6 nitrogen and oxygen atoms in total. The molecule has 2 aliphatic heterocycles. The van der Waals surface area contributed by atoms with Gasteiger partial charge in [-0.05, 0) is 46.5 Å². The molecule has 2 N–H and O–H groups in total. The molecule has 4 aliphatic rings. The van der Waals surface area contributed by atoms with E-state index in [1.807, 2.05) is 6.92 Å². The number of carbonyl (C=O) groups is 2. The Labute approximate surface area is 141 Å². The first-order valence-electron chi connectivity index (χ1n) is 8.77. The molecule has 0 aromatic rings. The number of hydrogen-bond acceptors (Lipinski definition) is 6. The molecular formula is C18H26O6. The second-order valence-corrected chi connectivity index (χ2v) is 9.05. The number of esters is 2. The summed E-state index contributed by atoms with van der Waals surface area (Å²) in [5.41, 5.74) is -4.14. The van der Waals surface area contributed by atoms with Crippen molar-refractivity contribution in [2.45, 2.75) is 70.9 Å². The van der Waals surface area contributed by atoms with E-state index in [4.69, 9.17) is 9.47 Å². The van der Waals surface area contributed by atoms with Crippen molar-refractivity contribution in [1.29, 1.82) is 0 Å². The Morgan fingerprint density at radius 1 is 1.17 bits per heavy atom. The number of cyclic esters (lactones) is 2. The van der Waals surface area contributed by atoms with E-state index in [2.05, 4.69) is 0 Å². The van der Waals surface area contributed by atoms with Crippen LogP contribution in [0, 0.1) is 28.6 Å². The molecule has 4 rings (SSSR count). The number of rotatable bonds is 2. The fourth-order valence-electron chi connectivity index (χ4n) is 6.42. The summed E-state index contributed by atoms with van der Waals surface area (Å²) in [7, 11) is 0. The Kier molecular flexibility index (Phi) is 2.83. The van der Waals surface area contributed by atoms with Crippen LogP contribution in [-0.2, 0) is 19.1 Å². The highest BCUT2D eigenvalue weighted by atomic mass is 16.6. The predicted molar refractivity (Wildman–Crippen MR) is 82.6 cm³/mol. The van der Waals surface area contributed by atoms with E-state index in [1.165, 1.54) is 0 Å². The second kappa shape index (κ2) is 4.15. The van der Waals surface area contributed by atoms with Crippen LogP contribution in [0.3, 0.4) is 0 Å². The monoisotopic (exact) mass is 338 g/mol. The van der Waals surface area contributed by atoms with Gasteiger partial charge in [-0.2, -0.15) is 0 Å². The minimum Gasteiger partial charge on any atom is -0.462 e. The Bertz CT molecular complexity index is 638. The summed E-state index contributed by atoms with van der Waals surface area (Å²) in [4.78, 5) is 25.1. The molecule has 8 atom stereocenters. The van der Waals surface area contributed by atoms with E-state index < -0.39 is 52.0 Å². The zero-order valence-corrected chi connectivity index (χ0v) is 14.8. The summed E-state index contributed by atoms with van der Waals surface area (Å²) in [6, 6.07) is 0. The maximum absolute atomic E-state index is 12.7. The van der Waals surface area contributed by atoms with E-state index in [0.29, 0.717) is 12.8 Å². The van der Waals surface area contributed by atoms with E-state index >= 15 is 0 Å². The molecule has 6 heteroatoms. The van der Waals surface area contributed by atoms with Crippen molar-refractivity contribution in [3.8, 4) is 0 Å². The van der Waals surface area contributed by atoms with Crippen molar-refractivity contribution in [1.82, 2.24) is 0 Å². The third-order valence-electron chi connectivity index (χ3n) is 7.70. The lowest BCUT2D eigenvalue weighted by Gasteiger charge is -2.48. The zero-order chi connectivity index (χ0) is 17.9. The molecular weight excluding hydrogens is 312 g/mol. The van der Waals surface area contributed by atoms with Crippen LogP contribution in [0.25, 0.3) is 0 Å². The Hall–Kier alpha value is -1.14. The third-order valence-corrected chi connectivity index (χ3v) is 7.70. The standard InChI is InChI=1S/C18H26O6/c1-8-11(15(3,4)21)12(13(19)23-8)18(22)7-10-6-17(10)14(20)24-9(2)16(17,18)5/h8-12,21-22H,6-7H2,1-5H3/t8?,9?,10-,11?,12?,16?,17-,18?/m1/s1. The van der Waals surface area contributed by atoms with Gasteiger partial charge in [0.1, 0.15) is 12.2 Å². The summed E-state index contributed by atoms with van der Waals surface area (Å²) in [6.07, 6.45) is 0.117. The molecule has 2 saturated heterocycles. The SMILES string of the molecule is CC1OC(=O)C(C2(O)C[C@H]3C[C@]34C(=O)OC(C)C24C)C1C(C)(C)O. The highest BCUT2D eigenvalue weighted by Crippen LogP contribution is 2.81. The van der Waals surface area contributed by atoms with E-state index in [0.717, 1.165) is 0 Å². The van der Waals surface area contributed by atoms with Crippen molar-refractivity contribution in [3.63, 3.8) is 0 Å². The first-order valence-corrected chi connectivity index (χ1v) is 8.77. The third kappa shape index (κ3) is 1.47. The lowest BCUT2D eigenvalue weighted by atomic mass is 9.56. The molecule has 2 heterocycles. The molecule has 2 saturated carbocycles. The average molecular weight is 338 g/mol. The van der Waals surface area contributed by atoms with Crippen LogP contribution in [0.4, 0.5) is 0 Å². The van der Waals surface area contributed by atoms with E-state index in [1.54, 1.807) is 27.7 Å². The molecule has 0 aromatic heterocycles. The van der Waals surface area contributed by atoms with Gasteiger partial charge in [-0.15, -0.1) is 0 Å². The van der Waals surface area contributed by atoms with Crippen LogP contribution in [0.15, 0.2) is 0 Å². The first kappa shape index (κ1) is 16.3. The van der Waals surface area contributed by atoms with Crippen molar-refractivity contribution in [2.24, 2.45) is 28.6 Å². The number of ether oxygens (including phenoxy) is 2. The van der Waals surface area contributed by atoms with Gasteiger partial charge in [0.15, 0.2) is 0 Å². The second-order valence-electron chi connectivity index (χ2n) is 9.05. The minimum absolute atomic E-state index is 0.0381. The van der Waals surface area contributed by atoms with Gasteiger partial charge >= 0.3 is 11.9 Å². The molecule has 1 spiro atoms. The summed E-state index contributed by atoms with van der Waals surface area (Å²) in [5.74, 6) is -2.10. The molecule has 0 bridgehead atoms. The smallest absolute Gasteiger partial charge is 0.313 e. The van der Waals surface area contributed by atoms with Crippen molar-refractivity contribution in [3.05, 3.63) is 0 Å². The van der Waals surface area contributed by atoms with Gasteiger partial charge in [0.2, 0.25) is 0 Å². The Morgan fingerprint density at radius 2 is 1.79 bits per heavy atom. The molecule has 4 fully saturated rings. The van der Waals surface area contributed by atoms with Gasteiger partial charge in [-0.1, -0.05) is 6.92 Å². The van der Waals surface area contributed by atoms with Gasteiger partial charge in [-0.3, -0.25) is 9.59 Å². The highest BCUT2D eigenvalue weighted by molar-refractivity contribution is 5.87. The molecule has 0 radical (unpaired) electrons. The van der Waals surface area contributed by atoms with Gasteiger partial charge in [0.25, 0.3) is 0 Å². The van der Waals surface area contributed by atoms with Crippen LogP contribution < -0.4 is 0 Å². The molecule has 6 unspecified atom stereocenters. The molecule has 0 amide bonds. The summed E-state index contributed by atoms with van der Waals surface area (Å²) < 4.78 is 10.9. The van der Waals surface area contributed by atoms with Crippen LogP contribution in [-0.4, -0.2) is 45.6 Å². The predicted octanol–water partition coefficient (Wildman–Crippen LogP) is 1.03. The first-order chi connectivity index (χ1) is 10.9. The Morgan fingerprint density at radius 3 is 2.38 bits per heavy atom. The van der Waals surface area contributed by atoms with Gasteiger partial charge < -0.3 is 19.7 Å². The minimum atomic E-state index is -1.42. The normalized spacial score (nSPS) is 55.9. The largest absolute Gasteiger partial charge is 0.462 e. The van der Waals surface area contributed by atoms with Gasteiger partial charge in [0, 0.05) is 5.92 Å².